The van der Waals surface area contributed by atoms with E-state index in [0.29, 0.717) is 13.1 Å². The van der Waals surface area contributed by atoms with Crippen molar-refractivity contribution < 1.29 is 19.4 Å². The summed E-state index contributed by atoms with van der Waals surface area (Å²) in [5, 5.41) is 9.55. The van der Waals surface area contributed by atoms with Crippen LogP contribution in [-0.4, -0.2) is 47.2 Å². The molecule has 2 aliphatic rings. The number of hydrogen-bond acceptors (Lipinski definition) is 4. The fourth-order valence-electron chi connectivity index (χ4n) is 3.01. The summed E-state index contributed by atoms with van der Waals surface area (Å²) in [6.07, 6.45) is 1.75. The molecule has 0 amide bonds. The molecular weight excluding hydrogens is 234 g/mol. The van der Waals surface area contributed by atoms with E-state index in [2.05, 4.69) is 4.90 Å². The van der Waals surface area contributed by atoms with Crippen LogP contribution < -0.4 is 0 Å². The third-order valence-electron chi connectivity index (χ3n) is 3.82. The molecule has 0 spiro atoms. The molecule has 2 saturated heterocycles. The predicted octanol–water partition coefficient (Wildman–Crippen LogP) is 1.12. The molecule has 2 heterocycles. The van der Waals surface area contributed by atoms with Gasteiger partial charge in [-0.05, 0) is 46.1 Å². The number of carboxylic acid groups (broad SMARTS) is 1. The van der Waals surface area contributed by atoms with E-state index in [9.17, 15) is 14.7 Å². The number of esters is 1. The first-order chi connectivity index (χ1) is 8.25. The molecule has 0 radical (unpaired) electrons. The van der Waals surface area contributed by atoms with Gasteiger partial charge in [-0.15, -0.1) is 0 Å². The van der Waals surface area contributed by atoms with Gasteiger partial charge in [0, 0.05) is 13.1 Å². The van der Waals surface area contributed by atoms with Gasteiger partial charge in [-0.3, -0.25) is 9.59 Å². The highest BCUT2D eigenvalue weighted by atomic mass is 16.6. The summed E-state index contributed by atoms with van der Waals surface area (Å²) in [5.41, 5.74) is -2.00. The molecule has 3 unspecified atom stereocenters. The number of carbonyl (C=O) groups excluding carboxylic acids is 1. The van der Waals surface area contributed by atoms with Gasteiger partial charge in [-0.25, -0.2) is 0 Å². The molecule has 5 nitrogen and oxygen atoms in total. The summed E-state index contributed by atoms with van der Waals surface area (Å²) in [7, 11) is 0. The van der Waals surface area contributed by atoms with Crippen molar-refractivity contribution in [3.05, 3.63) is 0 Å². The van der Waals surface area contributed by atoms with Crippen LogP contribution >= 0.6 is 0 Å². The van der Waals surface area contributed by atoms with Gasteiger partial charge in [0.15, 0.2) is 5.41 Å². The largest absolute Gasteiger partial charge is 0.480 e. The molecule has 2 fully saturated rings. The average Bonchev–Trinajstić information content (AvgIpc) is 2.48. The number of rotatable bonds is 2. The minimum absolute atomic E-state index is 0.112. The maximum atomic E-state index is 12.3. The zero-order valence-corrected chi connectivity index (χ0v) is 11.2. The topological polar surface area (TPSA) is 66.8 Å². The van der Waals surface area contributed by atoms with E-state index in [-0.39, 0.29) is 5.92 Å². The van der Waals surface area contributed by atoms with E-state index in [4.69, 9.17) is 4.74 Å². The van der Waals surface area contributed by atoms with Crippen LogP contribution in [0.1, 0.15) is 33.6 Å². The minimum Gasteiger partial charge on any atom is -0.480 e. The van der Waals surface area contributed by atoms with Gasteiger partial charge in [0.25, 0.3) is 0 Å². The molecule has 0 saturated carbocycles. The second-order valence-corrected chi connectivity index (χ2v) is 6.35. The van der Waals surface area contributed by atoms with Crippen molar-refractivity contribution in [3.63, 3.8) is 0 Å². The first-order valence-electron chi connectivity index (χ1n) is 6.45. The van der Waals surface area contributed by atoms with Crippen LogP contribution in [-0.2, 0) is 14.3 Å². The number of aliphatic carboxylic acids is 1. The lowest BCUT2D eigenvalue weighted by atomic mass is 9.75. The molecule has 102 valence electrons. The fraction of sp³-hybridized carbons (Fsp3) is 0.846. The molecule has 2 rings (SSSR count). The lowest BCUT2D eigenvalue weighted by molar-refractivity contribution is -0.178. The van der Waals surface area contributed by atoms with Gasteiger partial charge < -0.3 is 14.7 Å². The Morgan fingerprint density at radius 2 is 2.06 bits per heavy atom. The second kappa shape index (κ2) is 4.23. The quantitative estimate of drug-likeness (QED) is 0.591. The van der Waals surface area contributed by atoms with Crippen LogP contribution in [0.2, 0.25) is 0 Å². The Labute approximate surface area is 107 Å². The maximum Gasteiger partial charge on any atom is 0.325 e. The molecule has 5 heteroatoms. The van der Waals surface area contributed by atoms with E-state index >= 15 is 0 Å². The van der Waals surface area contributed by atoms with Gasteiger partial charge >= 0.3 is 11.9 Å². The molecule has 18 heavy (non-hydrogen) atoms. The molecule has 0 aliphatic carbocycles. The van der Waals surface area contributed by atoms with Crippen LogP contribution in [0.25, 0.3) is 0 Å². The summed E-state index contributed by atoms with van der Waals surface area (Å²) in [6, 6.07) is 0. The summed E-state index contributed by atoms with van der Waals surface area (Å²) >= 11 is 0. The highest BCUT2D eigenvalue weighted by Gasteiger charge is 2.60. The molecule has 3 atom stereocenters. The number of carbonyl (C=O) groups is 2. The number of carboxylic acids is 1. The van der Waals surface area contributed by atoms with Crippen molar-refractivity contribution in [1.29, 1.82) is 0 Å². The van der Waals surface area contributed by atoms with Crippen LogP contribution in [0.15, 0.2) is 0 Å². The Kier molecular flexibility index (Phi) is 3.13. The van der Waals surface area contributed by atoms with Crippen molar-refractivity contribution >= 4 is 11.9 Å². The van der Waals surface area contributed by atoms with E-state index in [1.54, 1.807) is 20.8 Å². The standard InChI is InChI=1S/C13H21NO4/c1-12(2,3)18-11(17)13(10(15)16)8-14-6-4-5-9(13)7-14/h9H,4-8H2,1-3H3,(H,15,16). The van der Waals surface area contributed by atoms with Crippen LogP contribution in [0, 0.1) is 11.3 Å². The van der Waals surface area contributed by atoms with Gasteiger partial charge in [0.05, 0.1) is 0 Å². The Balaban J connectivity index is 2.28. The molecule has 2 bridgehead atoms. The van der Waals surface area contributed by atoms with Crippen molar-refractivity contribution in [3.8, 4) is 0 Å². The SMILES string of the molecule is CC(C)(C)OC(=O)C1(C(=O)O)CN2CCCC1C2. The smallest absolute Gasteiger partial charge is 0.325 e. The van der Waals surface area contributed by atoms with Crippen molar-refractivity contribution in [1.82, 2.24) is 4.90 Å². The Morgan fingerprint density at radius 1 is 1.39 bits per heavy atom. The summed E-state index contributed by atoms with van der Waals surface area (Å²) in [4.78, 5) is 26.1. The van der Waals surface area contributed by atoms with Crippen molar-refractivity contribution in [2.45, 2.75) is 39.2 Å². The van der Waals surface area contributed by atoms with Gasteiger partial charge in [0.1, 0.15) is 5.60 Å². The number of piperidine rings is 1. The first kappa shape index (κ1) is 13.3. The summed E-state index contributed by atoms with van der Waals surface area (Å²) < 4.78 is 5.35. The fourth-order valence-corrected chi connectivity index (χ4v) is 3.01. The predicted molar refractivity (Wildman–Crippen MR) is 65.1 cm³/mol. The number of fused-ring (bicyclic) bond motifs is 2. The maximum absolute atomic E-state index is 12.3. The lowest BCUT2D eigenvalue weighted by Gasteiger charge is -2.31. The van der Waals surface area contributed by atoms with Crippen molar-refractivity contribution in [2.24, 2.45) is 11.3 Å². The molecule has 0 aromatic heterocycles. The van der Waals surface area contributed by atoms with E-state index < -0.39 is 23.0 Å². The molecule has 0 aromatic rings. The lowest BCUT2D eigenvalue weighted by Crippen LogP contribution is -2.48. The molecule has 0 aromatic carbocycles. The van der Waals surface area contributed by atoms with Gasteiger partial charge in [-0.2, -0.15) is 0 Å². The number of hydrogen-bond donors (Lipinski definition) is 1. The average molecular weight is 255 g/mol. The van der Waals surface area contributed by atoms with Gasteiger partial charge in [0.2, 0.25) is 0 Å². The first-order valence-corrected chi connectivity index (χ1v) is 6.45. The highest BCUT2D eigenvalue weighted by molar-refractivity contribution is 6.00. The minimum atomic E-state index is -1.36. The normalized spacial score (nSPS) is 35.3. The van der Waals surface area contributed by atoms with Crippen molar-refractivity contribution in [2.75, 3.05) is 19.6 Å². The number of nitrogens with zero attached hydrogens (tertiary/aromatic N) is 1. The Bertz CT molecular complexity index is 374. The monoisotopic (exact) mass is 255 g/mol. The third kappa shape index (κ3) is 2.11. The molecular formula is C13H21NO4. The number of ether oxygens (including phenoxy) is 1. The zero-order chi connectivity index (χ0) is 13.6. The molecule has 2 aliphatic heterocycles. The third-order valence-corrected chi connectivity index (χ3v) is 3.82. The van der Waals surface area contributed by atoms with Crippen LogP contribution in [0.4, 0.5) is 0 Å². The van der Waals surface area contributed by atoms with Crippen LogP contribution in [0.5, 0.6) is 0 Å². The Hall–Kier alpha value is -1.10. The second-order valence-electron chi connectivity index (χ2n) is 6.35. The highest BCUT2D eigenvalue weighted by Crippen LogP contribution is 2.43. The zero-order valence-electron chi connectivity index (χ0n) is 11.2. The Morgan fingerprint density at radius 3 is 2.56 bits per heavy atom. The van der Waals surface area contributed by atoms with Crippen LogP contribution in [0.3, 0.4) is 0 Å². The van der Waals surface area contributed by atoms with E-state index in [1.165, 1.54) is 0 Å². The summed E-state index contributed by atoms with van der Waals surface area (Å²) in [5.74, 6) is -1.72. The summed E-state index contributed by atoms with van der Waals surface area (Å²) in [6.45, 7) is 7.17. The van der Waals surface area contributed by atoms with E-state index in [0.717, 1.165) is 19.4 Å². The van der Waals surface area contributed by atoms with E-state index in [1.807, 2.05) is 0 Å². The molecule has 1 N–H and O–H groups in total. The van der Waals surface area contributed by atoms with Gasteiger partial charge in [-0.1, -0.05) is 0 Å².